The molecule has 1 unspecified atom stereocenters. The Bertz CT molecular complexity index is 1130. The van der Waals surface area contributed by atoms with Gasteiger partial charge in [0.1, 0.15) is 10.7 Å². The molecule has 0 aromatic carbocycles. The van der Waals surface area contributed by atoms with Gasteiger partial charge in [0.05, 0.1) is 12.2 Å². The summed E-state index contributed by atoms with van der Waals surface area (Å²) in [5.74, 6) is -1.98. The molecule has 1 saturated heterocycles. The van der Waals surface area contributed by atoms with Gasteiger partial charge in [-0.2, -0.15) is 18.3 Å². The second kappa shape index (κ2) is 10.0. The number of hydrogen-bond acceptors (Lipinski definition) is 7. The topological polar surface area (TPSA) is 141 Å². The van der Waals surface area contributed by atoms with E-state index >= 15 is 0 Å². The molecule has 1 aliphatic carbocycles. The summed E-state index contributed by atoms with van der Waals surface area (Å²) in [6.07, 6.45) is -1.77. The minimum Gasteiger partial charge on any atom is -0.465 e. The molecule has 0 spiro atoms. The van der Waals surface area contributed by atoms with Crippen molar-refractivity contribution < 1.29 is 32.7 Å². The highest BCUT2D eigenvalue weighted by molar-refractivity contribution is 9.11. The van der Waals surface area contributed by atoms with E-state index in [4.69, 9.17) is 5.11 Å². The minimum absolute atomic E-state index is 0.0519. The van der Waals surface area contributed by atoms with Crippen LogP contribution in [0.2, 0.25) is 0 Å². The quantitative estimate of drug-likeness (QED) is 0.407. The molecule has 11 nitrogen and oxygen atoms in total. The van der Waals surface area contributed by atoms with Crippen LogP contribution in [0.1, 0.15) is 48.6 Å². The Balaban J connectivity index is 1.53. The molecule has 4 rings (SSSR count). The maximum absolute atomic E-state index is 13.0. The zero-order valence-corrected chi connectivity index (χ0v) is 20.5. The molecule has 2 aromatic heterocycles. The molecular formula is C19H21BrF3N7O4S. The van der Waals surface area contributed by atoms with Crippen molar-refractivity contribution in [2.75, 3.05) is 28.6 Å². The molecule has 2 aromatic rings. The summed E-state index contributed by atoms with van der Waals surface area (Å²) < 4.78 is 40.1. The number of carbonyl (C=O) groups is 3. The SMILES string of the molecule is O=C(O)Nc1sc(Br)nc1C(=O)Nc1cnn(C2CC2)c1N1CCCC(NC(=O)C(F)(F)F)CC1. The van der Waals surface area contributed by atoms with Gasteiger partial charge in [-0.3, -0.25) is 14.9 Å². The standard InChI is InChI=1S/C19H21BrF3N7O4S/c20-17-27-12(14(35-17)28-18(33)34)13(31)26-11-8-24-30(10-3-4-10)15(11)29-6-1-2-9(5-7-29)25-16(32)19(21,22)23/h8-10,28H,1-7H2,(H,25,32)(H,26,31)(H,33,34). The van der Waals surface area contributed by atoms with Crippen molar-refractivity contribution in [2.24, 2.45) is 0 Å². The number of nitrogens with one attached hydrogen (secondary N) is 3. The van der Waals surface area contributed by atoms with Crippen molar-refractivity contribution in [3.05, 3.63) is 15.8 Å². The van der Waals surface area contributed by atoms with E-state index in [9.17, 15) is 27.6 Å². The number of thiazole rings is 1. The molecule has 1 atom stereocenters. The molecule has 0 bridgehead atoms. The number of nitrogens with zero attached hydrogens (tertiary/aromatic N) is 4. The number of carboxylic acid groups (broad SMARTS) is 1. The van der Waals surface area contributed by atoms with Gasteiger partial charge in [0.2, 0.25) is 0 Å². The van der Waals surface area contributed by atoms with E-state index in [1.807, 2.05) is 4.90 Å². The predicted molar refractivity (Wildman–Crippen MR) is 124 cm³/mol. The van der Waals surface area contributed by atoms with E-state index in [1.54, 1.807) is 4.68 Å². The molecule has 1 saturated carbocycles. The molecule has 16 heteroatoms. The molecule has 3 amide bonds. The van der Waals surface area contributed by atoms with Crippen molar-refractivity contribution in [1.29, 1.82) is 0 Å². The summed E-state index contributed by atoms with van der Waals surface area (Å²) in [5.41, 5.74) is 0.269. The summed E-state index contributed by atoms with van der Waals surface area (Å²) in [5, 5.41) is 20.4. The van der Waals surface area contributed by atoms with Crippen LogP contribution < -0.4 is 20.9 Å². The van der Waals surface area contributed by atoms with Gasteiger partial charge in [-0.1, -0.05) is 11.3 Å². The fraction of sp³-hybridized carbons (Fsp3) is 0.526. The Morgan fingerprint density at radius 2 is 1.89 bits per heavy atom. The van der Waals surface area contributed by atoms with Crippen molar-refractivity contribution in [3.8, 4) is 0 Å². The van der Waals surface area contributed by atoms with Crippen molar-refractivity contribution >= 4 is 61.7 Å². The fourth-order valence-electron chi connectivity index (χ4n) is 3.88. The lowest BCUT2D eigenvalue weighted by atomic mass is 10.1. The summed E-state index contributed by atoms with van der Waals surface area (Å²) in [6, 6.07) is -0.473. The first-order valence-corrected chi connectivity index (χ1v) is 12.3. The molecule has 35 heavy (non-hydrogen) atoms. The second-order valence-electron chi connectivity index (χ2n) is 8.17. The molecule has 4 N–H and O–H groups in total. The molecule has 2 aliphatic rings. The van der Waals surface area contributed by atoms with E-state index in [1.165, 1.54) is 6.20 Å². The van der Waals surface area contributed by atoms with Crippen LogP contribution in [0.25, 0.3) is 0 Å². The first-order chi connectivity index (χ1) is 16.5. The Morgan fingerprint density at radius 1 is 1.14 bits per heavy atom. The number of alkyl halides is 3. The monoisotopic (exact) mass is 579 g/mol. The van der Waals surface area contributed by atoms with Gasteiger partial charge in [-0.15, -0.1) is 0 Å². The second-order valence-corrected chi connectivity index (χ2v) is 10.4. The molecule has 3 heterocycles. The predicted octanol–water partition coefficient (Wildman–Crippen LogP) is 3.82. The Kier molecular flexibility index (Phi) is 7.21. The smallest absolute Gasteiger partial charge is 0.465 e. The van der Waals surface area contributed by atoms with Gasteiger partial charge in [0, 0.05) is 19.1 Å². The first-order valence-electron chi connectivity index (χ1n) is 10.7. The fourth-order valence-corrected chi connectivity index (χ4v) is 5.22. The van der Waals surface area contributed by atoms with Crippen LogP contribution in [-0.2, 0) is 4.79 Å². The van der Waals surface area contributed by atoms with Gasteiger partial charge in [0.15, 0.2) is 15.4 Å². The van der Waals surface area contributed by atoms with Crippen molar-refractivity contribution in [3.63, 3.8) is 0 Å². The number of aromatic nitrogens is 3. The average molecular weight is 580 g/mol. The maximum Gasteiger partial charge on any atom is 0.471 e. The number of hydrogen-bond donors (Lipinski definition) is 4. The van der Waals surface area contributed by atoms with Crippen molar-refractivity contribution in [2.45, 2.75) is 50.4 Å². The summed E-state index contributed by atoms with van der Waals surface area (Å²) >= 11 is 4.10. The lowest BCUT2D eigenvalue weighted by Gasteiger charge is -2.25. The summed E-state index contributed by atoms with van der Waals surface area (Å²) in [4.78, 5) is 41.4. The van der Waals surface area contributed by atoms with E-state index in [-0.39, 0.29) is 23.2 Å². The van der Waals surface area contributed by atoms with E-state index < -0.39 is 30.1 Å². The van der Waals surface area contributed by atoms with Crippen molar-refractivity contribution in [1.82, 2.24) is 20.1 Å². The number of halogens is 4. The molecule has 2 fully saturated rings. The van der Waals surface area contributed by atoms with Crippen LogP contribution in [0.5, 0.6) is 0 Å². The third-order valence-electron chi connectivity index (χ3n) is 5.57. The number of anilines is 3. The van der Waals surface area contributed by atoms with Gasteiger partial charge in [0.25, 0.3) is 5.91 Å². The lowest BCUT2D eigenvalue weighted by molar-refractivity contribution is -0.174. The highest BCUT2D eigenvalue weighted by Gasteiger charge is 2.40. The first kappa shape index (κ1) is 25.2. The Morgan fingerprint density at radius 3 is 2.54 bits per heavy atom. The highest BCUT2D eigenvalue weighted by atomic mass is 79.9. The number of amides is 3. The molecule has 0 radical (unpaired) electrons. The Labute approximate surface area is 209 Å². The third kappa shape index (κ3) is 6.04. The average Bonchev–Trinajstić information content (AvgIpc) is 3.48. The zero-order valence-electron chi connectivity index (χ0n) is 18.1. The van der Waals surface area contributed by atoms with Gasteiger partial charge in [-0.25, -0.2) is 14.5 Å². The number of carbonyl (C=O) groups excluding carboxylic acids is 2. The zero-order chi connectivity index (χ0) is 25.3. The van der Waals surface area contributed by atoms with Gasteiger partial charge >= 0.3 is 18.2 Å². The van der Waals surface area contributed by atoms with Gasteiger partial charge in [-0.05, 0) is 48.0 Å². The van der Waals surface area contributed by atoms with Crippen LogP contribution in [0.3, 0.4) is 0 Å². The maximum atomic E-state index is 13.0. The third-order valence-corrected chi connectivity index (χ3v) is 6.99. The van der Waals surface area contributed by atoms with E-state index in [0.29, 0.717) is 41.4 Å². The number of rotatable bonds is 6. The van der Waals surface area contributed by atoms with Crippen LogP contribution >= 0.6 is 27.3 Å². The molecular weight excluding hydrogens is 559 g/mol. The van der Waals surface area contributed by atoms with E-state index in [0.717, 1.165) is 24.2 Å². The molecule has 1 aliphatic heterocycles. The van der Waals surface area contributed by atoms with Crippen LogP contribution in [0.15, 0.2) is 10.1 Å². The largest absolute Gasteiger partial charge is 0.471 e. The lowest BCUT2D eigenvalue weighted by Crippen LogP contribution is -2.43. The van der Waals surface area contributed by atoms with Crippen LogP contribution in [0, 0.1) is 0 Å². The van der Waals surface area contributed by atoms with Crippen LogP contribution in [0.4, 0.5) is 34.5 Å². The Hall–Kier alpha value is -2.88. The summed E-state index contributed by atoms with van der Waals surface area (Å²) in [7, 11) is 0. The highest BCUT2D eigenvalue weighted by Crippen LogP contribution is 2.41. The minimum atomic E-state index is -4.94. The van der Waals surface area contributed by atoms with Gasteiger partial charge < -0.3 is 20.6 Å². The molecule has 190 valence electrons. The normalized spacial score (nSPS) is 18.6. The summed E-state index contributed by atoms with van der Waals surface area (Å²) in [6.45, 7) is 0.839. The van der Waals surface area contributed by atoms with Crippen LogP contribution in [-0.4, -0.2) is 63.1 Å². The van der Waals surface area contributed by atoms with E-state index in [2.05, 4.69) is 42.0 Å².